The van der Waals surface area contributed by atoms with Gasteiger partial charge in [-0.3, -0.25) is 5.73 Å². The van der Waals surface area contributed by atoms with E-state index in [9.17, 15) is 5.11 Å². The summed E-state index contributed by atoms with van der Waals surface area (Å²) in [5, 5.41) is 13.1. The van der Waals surface area contributed by atoms with E-state index in [1.165, 1.54) is 0 Å². The summed E-state index contributed by atoms with van der Waals surface area (Å²) in [6, 6.07) is 5.74. The quantitative estimate of drug-likeness (QED) is 0.681. The fraction of sp³-hybridized carbons (Fsp3) is 0.538. The number of nitrogens with two attached hydrogens (primary N) is 1. The summed E-state index contributed by atoms with van der Waals surface area (Å²) < 4.78 is 11.2. The van der Waals surface area contributed by atoms with E-state index in [0.717, 1.165) is 16.9 Å². The van der Waals surface area contributed by atoms with Crippen LogP contribution in [0.2, 0.25) is 0 Å². The molecule has 0 radical (unpaired) electrons. The van der Waals surface area contributed by atoms with Crippen LogP contribution in [0.4, 0.5) is 5.69 Å². The third kappa shape index (κ3) is 3.02. The Morgan fingerprint density at radius 2 is 2.05 bits per heavy atom. The van der Waals surface area contributed by atoms with Gasteiger partial charge in [0.15, 0.2) is 0 Å². The van der Waals surface area contributed by atoms with E-state index in [1.807, 2.05) is 32.0 Å². The highest BCUT2D eigenvalue weighted by Gasteiger charge is 2.35. The molecule has 1 aliphatic heterocycles. The van der Waals surface area contributed by atoms with Crippen molar-refractivity contribution in [3.05, 3.63) is 18.2 Å². The highest BCUT2D eigenvalue weighted by molar-refractivity contribution is 6.47. The molecular formula is C13H21BN2O3. The Balaban J connectivity index is 2.04. The van der Waals surface area contributed by atoms with Crippen molar-refractivity contribution in [1.82, 2.24) is 0 Å². The van der Waals surface area contributed by atoms with Gasteiger partial charge in [-0.15, -0.1) is 0 Å². The molecule has 104 valence electrons. The molecule has 0 saturated carbocycles. The number of hydrogen-bond acceptors (Lipinski definition) is 5. The molecule has 1 unspecified atom stereocenters. The second-order valence-corrected chi connectivity index (χ2v) is 5.87. The first-order chi connectivity index (χ1) is 8.69. The predicted octanol–water partition coefficient (Wildman–Crippen LogP) is 0.276. The molecule has 0 aromatic heterocycles. The smallest absolute Gasteiger partial charge is 0.309 e. The van der Waals surface area contributed by atoms with Crippen LogP contribution in [-0.4, -0.2) is 30.1 Å². The number of aliphatic hydroxyl groups is 1. The molecule has 1 aliphatic rings. The lowest BCUT2D eigenvalue weighted by Crippen LogP contribution is -2.49. The zero-order valence-corrected chi connectivity index (χ0v) is 11.9. The van der Waals surface area contributed by atoms with Crippen LogP contribution in [0.3, 0.4) is 0 Å². The van der Waals surface area contributed by atoms with Crippen molar-refractivity contribution in [2.24, 2.45) is 5.73 Å². The third-order valence-corrected chi connectivity index (χ3v) is 3.67. The minimum atomic E-state index is -0.909. The number of ether oxygens (including phenoxy) is 1. The summed E-state index contributed by atoms with van der Waals surface area (Å²) in [4.78, 5) is 0. The number of rotatable bonds is 4. The second-order valence-electron chi connectivity index (χ2n) is 5.87. The molecule has 0 saturated heterocycles. The molecule has 1 aromatic carbocycles. The Bertz CT molecular complexity index is 471. The molecule has 1 aromatic rings. The van der Waals surface area contributed by atoms with Gasteiger partial charge < -0.3 is 19.8 Å². The molecule has 0 bridgehead atoms. The first-order valence-corrected chi connectivity index (χ1v) is 6.37. The fourth-order valence-corrected chi connectivity index (χ4v) is 1.64. The highest BCUT2D eigenvalue weighted by atomic mass is 16.5. The number of anilines is 1. The molecule has 4 N–H and O–H groups in total. The lowest BCUT2D eigenvalue weighted by molar-refractivity contribution is -0.0893. The van der Waals surface area contributed by atoms with Crippen LogP contribution in [0.5, 0.6) is 5.75 Å². The number of hydrogen-bond donors (Lipinski definition) is 3. The van der Waals surface area contributed by atoms with Crippen molar-refractivity contribution >= 4 is 18.6 Å². The second kappa shape index (κ2) is 4.70. The van der Waals surface area contributed by atoms with Crippen LogP contribution in [0.25, 0.3) is 0 Å². The van der Waals surface area contributed by atoms with Crippen LogP contribution in [0.15, 0.2) is 18.2 Å². The van der Waals surface area contributed by atoms with Crippen molar-refractivity contribution in [1.29, 1.82) is 0 Å². The van der Waals surface area contributed by atoms with Crippen LogP contribution in [0.1, 0.15) is 27.7 Å². The van der Waals surface area contributed by atoms with E-state index in [0.29, 0.717) is 7.48 Å². The van der Waals surface area contributed by atoms with E-state index in [4.69, 9.17) is 15.1 Å². The fourth-order valence-electron chi connectivity index (χ4n) is 1.64. The van der Waals surface area contributed by atoms with Crippen molar-refractivity contribution < 1.29 is 14.5 Å². The lowest BCUT2D eigenvalue weighted by Gasteiger charge is -2.37. The van der Waals surface area contributed by atoms with Gasteiger partial charge in [0.2, 0.25) is 6.35 Å². The van der Waals surface area contributed by atoms with E-state index < -0.39 is 17.6 Å². The normalized spacial score (nSPS) is 18.5. The first kappa shape index (κ1) is 14.2. The maximum absolute atomic E-state index is 10.0. The molecule has 0 fully saturated rings. The lowest BCUT2D eigenvalue weighted by atomic mass is 9.82. The molecule has 2 rings (SSSR count). The maximum Gasteiger partial charge on any atom is 0.309 e. The monoisotopic (exact) mass is 264 g/mol. The molecule has 19 heavy (non-hydrogen) atoms. The largest absolute Gasteiger partial charge is 0.456 e. The molecule has 0 spiro atoms. The van der Waals surface area contributed by atoms with Crippen LogP contribution in [0, 0.1) is 0 Å². The zero-order valence-electron chi connectivity index (χ0n) is 11.9. The topological polar surface area (TPSA) is 76.7 Å². The molecule has 5 nitrogen and oxygen atoms in total. The Kier molecular flexibility index (Phi) is 3.51. The zero-order chi connectivity index (χ0) is 14.3. The molecule has 1 atom stereocenters. The van der Waals surface area contributed by atoms with E-state index >= 15 is 0 Å². The number of benzene rings is 1. The summed E-state index contributed by atoms with van der Waals surface area (Å²) >= 11 is 0. The van der Waals surface area contributed by atoms with E-state index in [2.05, 4.69) is 5.32 Å². The van der Waals surface area contributed by atoms with Crippen molar-refractivity contribution in [2.75, 3.05) is 5.32 Å². The van der Waals surface area contributed by atoms with E-state index in [-0.39, 0.29) is 0 Å². The Hall–Kier alpha value is -1.24. The Morgan fingerprint density at radius 1 is 1.37 bits per heavy atom. The van der Waals surface area contributed by atoms with Gasteiger partial charge in [-0.05, 0) is 39.8 Å². The predicted molar refractivity (Wildman–Crippen MR) is 76.9 cm³/mol. The summed E-state index contributed by atoms with van der Waals surface area (Å²) in [5.41, 5.74) is 5.97. The van der Waals surface area contributed by atoms with Crippen molar-refractivity contribution in [3.8, 4) is 5.75 Å². The molecule has 6 heteroatoms. The van der Waals surface area contributed by atoms with Crippen LogP contribution >= 0.6 is 0 Å². The van der Waals surface area contributed by atoms with Crippen LogP contribution < -0.4 is 21.3 Å². The minimum absolute atomic E-state index is 0.418. The minimum Gasteiger partial charge on any atom is -0.456 e. The van der Waals surface area contributed by atoms with Crippen LogP contribution in [-0.2, 0) is 4.65 Å². The van der Waals surface area contributed by atoms with Gasteiger partial charge in [0.25, 0.3) is 0 Å². The summed E-state index contributed by atoms with van der Waals surface area (Å²) in [6.45, 7) is 7.23. The van der Waals surface area contributed by atoms with Crippen molar-refractivity contribution in [2.45, 2.75) is 45.2 Å². The highest BCUT2D eigenvalue weighted by Crippen LogP contribution is 2.29. The third-order valence-electron chi connectivity index (χ3n) is 3.67. The van der Waals surface area contributed by atoms with Gasteiger partial charge in [-0.1, -0.05) is 11.5 Å². The molecular weight excluding hydrogens is 243 g/mol. The maximum atomic E-state index is 10.0. The average molecular weight is 264 g/mol. The van der Waals surface area contributed by atoms with Gasteiger partial charge >= 0.3 is 7.48 Å². The van der Waals surface area contributed by atoms with Gasteiger partial charge in [0.1, 0.15) is 5.75 Å². The number of fused-ring (bicyclic) bond motifs is 1. The SMILES string of the molecule is CC(C)(O)C(C)(C)OBc1ccc2c(c1)NC(N)O2. The summed E-state index contributed by atoms with van der Waals surface area (Å²) in [6.07, 6.45) is -0.487. The van der Waals surface area contributed by atoms with E-state index in [1.54, 1.807) is 13.8 Å². The standard InChI is InChI=1S/C13H21BN2O3/c1-12(2,17)13(3,4)19-14-8-5-6-10-9(7-8)16-11(15)18-10/h5-7,11,14,16-17H,15H2,1-4H3. The van der Waals surface area contributed by atoms with Gasteiger partial charge in [0.05, 0.1) is 16.9 Å². The molecule has 0 aliphatic carbocycles. The molecule has 0 amide bonds. The van der Waals surface area contributed by atoms with Gasteiger partial charge in [-0.25, -0.2) is 0 Å². The Labute approximate surface area is 114 Å². The number of nitrogens with one attached hydrogen (secondary N) is 1. The average Bonchev–Trinajstić information content (AvgIpc) is 2.64. The molecule has 1 heterocycles. The van der Waals surface area contributed by atoms with Gasteiger partial charge in [0, 0.05) is 0 Å². The first-order valence-electron chi connectivity index (χ1n) is 6.37. The van der Waals surface area contributed by atoms with Gasteiger partial charge in [-0.2, -0.15) is 0 Å². The Morgan fingerprint density at radius 3 is 2.68 bits per heavy atom. The summed E-state index contributed by atoms with van der Waals surface area (Å²) in [7, 11) is 0.418. The summed E-state index contributed by atoms with van der Waals surface area (Å²) in [5.74, 6) is 0.748. The van der Waals surface area contributed by atoms with Crippen molar-refractivity contribution in [3.63, 3.8) is 0 Å².